The normalized spacial score (nSPS) is 12.2. The second-order valence-electron chi connectivity index (χ2n) is 5.55. The van der Waals surface area contributed by atoms with E-state index in [1.165, 1.54) is 24.1 Å². The second kappa shape index (κ2) is 7.63. The third-order valence-electron chi connectivity index (χ3n) is 3.79. The summed E-state index contributed by atoms with van der Waals surface area (Å²) in [5, 5.41) is 16.1. The van der Waals surface area contributed by atoms with E-state index >= 15 is 0 Å². The van der Waals surface area contributed by atoms with Crippen LogP contribution in [0.15, 0.2) is 36.7 Å². The summed E-state index contributed by atoms with van der Waals surface area (Å²) in [6.07, 6.45) is 3.12. The molecule has 7 nitrogen and oxygen atoms in total. The van der Waals surface area contributed by atoms with Crippen LogP contribution in [0.2, 0.25) is 0 Å². The van der Waals surface area contributed by atoms with Gasteiger partial charge in [-0.25, -0.2) is 9.18 Å². The standard InChI is InChI=1S/C17H16FN3O4S/c1-25-9-10-14-11(18)4-2-5-13(14)26-15(10)16(22)20-12(17(23)24)8-21-7-3-6-19-21/h2-7,12H,8-9H2,1H3,(H,20,22)(H,23,24). The number of carbonyl (C=O) groups is 2. The van der Waals surface area contributed by atoms with Gasteiger partial charge in [0.2, 0.25) is 0 Å². The summed E-state index contributed by atoms with van der Waals surface area (Å²) in [5.74, 6) is -2.22. The van der Waals surface area contributed by atoms with E-state index < -0.39 is 23.7 Å². The molecule has 2 aromatic heterocycles. The average Bonchev–Trinajstić information content (AvgIpc) is 3.23. The van der Waals surface area contributed by atoms with Gasteiger partial charge >= 0.3 is 5.97 Å². The molecule has 9 heteroatoms. The molecule has 2 N–H and O–H groups in total. The van der Waals surface area contributed by atoms with E-state index in [4.69, 9.17) is 4.74 Å². The van der Waals surface area contributed by atoms with Crippen LogP contribution < -0.4 is 5.32 Å². The Morgan fingerprint density at radius 1 is 1.42 bits per heavy atom. The number of aliphatic carboxylic acids is 1. The van der Waals surface area contributed by atoms with Crippen molar-refractivity contribution in [3.05, 3.63) is 52.9 Å². The molecule has 2 heterocycles. The lowest BCUT2D eigenvalue weighted by Gasteiger charge is -2.14. The van der Waals surface area contributed by atoms with Gasteiger partial charge in [-0.05, 0) is 18.2 Å². The quantitative estimate of drug-likeness (QED) is 0.659. The molecule has 0 radical (unpaired) electrons. The molecule has 0 aliphatic heterocycles. The van der Waals surface area contributed by atoms with Gasteiger partial charge in [-0.15, -0.1) is 11.3 Å². The highest BCUT2D eigenvalue weighted by Crippen LogP contribution is 2.33. The minimum absolute atomic E-state index is 0.0209. The summed E-state index contributed by atoms with van der Waals surface area (Å²) in [7, 11) is 1.45. The molecule has 3 aromatic rings. The summed E-state index contributed by atoms with van der Waals surface area (Å²) >= 11 is 1.10. The molecule has 0 saturated carbocycles. The molecule has 0 saturated heterocycles. The molecule has 0 aliphatic rings. The van der Waals surface area contributed by atoms with Gasteiger partial charge in [-0.2, -0.15) is 5.10 Å². The van der Waals surface area contributed by atoms with Crippen LogP contribution in [0.4, 0.5) is 4.39 Å². The summed E-state index contributed by atoms with van der Waals surface area (Å²) in [5.41, 5.74) is 0.409. The van der Waals surface area contributed by atoms with Crippen molar-refractivity contribution in [2.75, 3.05) is 7.11 Å². The number of aromatic nitrogens is 2. The summed E-state index contributed by atoms with van der Waals surface area (Å²) in [6.45, 7) is 0.0214. The van der Waals surface area contributed by atoms with Gasteiger partial charge in [-0.3, -0.25) is 9.48 Å². The fourth-order valence-electron chi connectivity index (χ4n) is 2.64. The monoisotopic (exact) mass is 377 g/mol. The minimum Gasteiger partial charge on any atom is -0.480 e. The van der Waals surface area contributed by atoms with Crippen LogP contribution in [0.3, 0.4) is 0 Å². The zero-order valence-corrected chi connectivity index (χ0v) is 14.6. The van der Waals surface area contributed by atoms with Crippen LogP contribution in [0.1, 0.15) is 15.2 Å². The average molecular weight is 377 g/mol. The number of amides is 1. The van der Waals surface area contributed by atoms with Crippen LogP contribution in [0.25, 0.3) is 10.1 Å². The van der Waals surface area contributed by atoms with E-state index in [9.17, 15) is 19.1 Å². The topological polar surface area (TPSA) is 93.5 Å². The van der Waals surface area contributed by atoms with E-state index in [0.717, 1.165) is 11.3 Å². The molecule has 26 heavy (non-hydrogen) atoms. The van der Waals surface area contributed by atoms with E-state index in [1.54, 1.807) is 24.4 Å². The van der Waals surface area contributed by atoms with Crippen LogP contribution in [0, 0.1) is 5.82 Å². The predicted octanol–water partition coefficient (Wildman–Crippen LogP) is 2.27. The molecular formula is C17H16FN3O4S. The SMILES string of the molecule is COCc1c(C(=O)NC(Cn2cccn2)C(=O)O)sc2cccc(F)c12. The number of ether oxygens (including phenoxy) is 1. The maximum absolute atomic E-state index is 14.2. The summed E-state index contributed by atoms with van der Waals surface area (Å²) in [6, 6.07) is 5.06. The third kappa shape index (κ3) is 3.58. The van der Waals surface area contributed by atoms with Gasteiger partial charge in [0.1, 0.15) is 11.9 Å². The van der Waals surface area contributed by atoms with E-state index in [1.807, 2.05) is 0 Å². The molecule has 0 bridgehead atoms. The maximum atomic E-state index is 14.2. The third-order valence-corrected chi connectivity index (χ3v) is 4.99. The Morgan fingerprint density at radius 2 is 2.23 bits per heavy atom. The van der Waals surface area contributed by atoms with Gasteiger partial charge in [0.05, 0.1) is 18.0 Å². The minimum atomic E-state index is -1.19. The Hall–Kier alpha value is -2.78. The fourth-order valence-corrected chi connectivity index (χ4v) is 3.76. The zero-order chi connectivity index (χ0) is 18.7. The first-order chi connectivity index (χ1) is 12.5. The molecule has 1 aromatic carbocycles. The van der Waals surface area contributed by atoms with Crippen LogP contribution in [-0.2, 0) is 22.7 Å². The number of thiophene rings is 1. The molecule has 1 unspecified atom stereocenters. The Kier molecular flexibility index (Phi) is 5.29. The first-order valence-electron chi connectivity index (χ1n) is 7.71. The number of nitrogens with one attached hydrogen (secondary N) is 1. The van der Waals surface area contributed by atoms with Gasteiger partial charge in [0, 0.05) is 35.2 Å². The molecule has 3 rings (SSSR count). The first-order valence-corrected chi connectivity index (χ1v) is 8.52. The lowest BCUT2D eigenvalue weighted by Crippen LogP contribution is -2.43. The molecule has 1 amide bonds. The number of carboxylic acids is 1. The molecular weight excluding hydrogens is 361 g/mol. The lowest BCUT2D eigenvalue weighted by molar-refractivity contribution is -0.139. The van der Waals surface area contributed by atoms with E-state index in [2.05, 4.69) is 10.4 Å². The Bertz CT molecular complexity index is 939. The zero-order valence-electron chi connectivity index (χ0n) is 13.8. The number of rotatable bonds is 7. The number of benzene rings is 1. The number of carbonyl (C=O) groups excluding carboxylic acids is 1. The molecule has 0 aliphatic carbocycles. The largest absolute Gasteiger partial charge is 0.480 e. The number of hydrogen-bond acceptors (Lipinski definition) is 5. The van der Waals surface area contributed by atoms with Crippen LogP contribution >= 0.6 is 11.3 Å². The highest BCUT2D eigenvalue weighted by Gasteiger charge is 2.26. The molecule has 1 atom stereocenters. The van der Waals surface area contributed by atoms with Crippen LogP contribution in [-0.4, -0.2) is 39.9 Å². The summed E-state index contributed by atoms with van der Waals surface area (Å²) < 4.78 is 21.3. The van der Waals surface area contributed by atoms with Crippen molar-refractivity contribution in [3.63, 3.8) is 0 Å². The van der Waals surface area contributed by atoms with E-state index in [-0.39, 0.29) is 18.0 Å². The number of fused-ring (bicyclic) bond motifs is 1. The Labute approximate surface area is 152 Å². The van der Waals surface area contributed by atoms with Gasteiger partial charge in [-0.1, -0.05) is 6.07 Å². The van der Waals surface area contributed by atoms with Crippen molar-refractivity contribution < 1.29 is 23.8 Å². The highest BCUT2D eigenvalue weighted by molar-refractivity contribution is 7.21. The Balaban J connectivity index is 1.92. The predicted molar refractivity (Wildman–Crippen MR) is 93.6 cm³/mol. The number of methoxy groups -OCH3 is 1. The number of carboxylic acid groups (broad SMARTS) is 1. The second-order valence-corrected chi connectivity index (χ2v) is 6.60. The van der Waals surface area contributed by atoms with Crippen LogP contribution in [0.5, 0.6) is 0 Å². The van der Waals surface area contributed by atoms with Crippen molar-refractivity contribution in [2.24, 2.45) is 0 Å². The number of hydrogen-bond donors (Lipinski definition) is 2. The molecule has 0 fully saturated rings. The maximum Gasteiger partial charge on any atom is 0.328 e. The number of nitrogens with zero attached hydrogens (tertiary/aromatic N) is 2. The summed E-state index contributed by atoms with van der Waals surface area (Å²) in [4.78, 5) is 24.4. The number of halogens is 1. The highest BCUT2D eigenvalue weighted by atomic mass is 32.1. The smallest absolute Gasteiger partial charge is 0.328 e. The Morgan fingerprint density at radius 3 is 2.88 bits per heavy atom. The van der Waals surface area contributed by atoms with Crippen molar-refractivity contribution in [2.45, 2.75) is 19.2 Å². The fraction of sp³-hybridized carbons (Fsp3) is 0.235. The first kappa shape index (κ1) is 18.0. The van der Waals surface area contributed by atoms with Crippen molar-refractivity contribution in [1.29, 1.82) is 0 Å². The van der Waals surface area contributed by atoms with Crippen molar-refractivity contribution in [3.8, 4) is 0 Å². The van der Waals surface area contributed by atoms with Gasteiger partial charge in [0.25, 0.3) is 5.91 Å². The van der Waals surface area contributed by atoms with Crippen molar-refractivity contribution >= 4 is 33.3 Å². The lowest BCUT2D eigenvalue weighted by atomic mass is 10.1. The molecule has 136 valence electrons. The van der Waals surface area contributed by atoms with E-state index in [0.29, 0.717) is 15.6 Å². The van der Waals surface area contributed by atoms with Crippen molar-refractivity contribution in [1.82, 2.24) is 15.1 Å². The molecule has 0 spiro atoms. The van der Waals surface area contributed by atoms with Gasteiger partial charge < -0.3 is 15.2 Å². The van der Waals surface area contributed by atoms with Gasteiger partial charge in [0.15, 0.2) is 0 Å².